The molecule has 0 bridgehead atoms. The smallest absolute Gasteiger partial charge is 0.349 e. The molecule has 0 saturated heterocycles. The Bertz CT molecular complexity index is 852. The number of rotatable bonds is 5. The molecule has 5 nitrogen and oxygen atoms in total. The zero-order valence-electron chi connectivity index (χ0n) is 13.5. The van der Waals surface area contributed by atoms with Crippen LogP contribution in [0.5, 0.6) is 0 Å². The number of hydrogen-bond donors (Lipinski definition) is 1. The Morgan fingerprint density at radius 3 is 2.60 bits per heavy atom. The van der Waals surface area contributed by atoms with Crippen LogP contribution in [-0.2, 0) is 14.3 Å². The maximum Gasteiger partial charge on any atom is 0.349 e. The highest BCUT2D eigenvalue weighted by atomic mass is 35.5. The highest BCUT2D eigenvalue weighted by Gasteiger charge is 2.13. The van der Waals surface area contributed by atoms with E-state index in [2.05, 4.69) is 5.32 Å². The van der Waals surface area contributed by atoms with Crippen LogP contribution in [0.3, 0.4) is 0 Å². The molecule has 0 aliphatic carbocycles. The standard InChI is InChI=1S/C19H15ClN2O3/c1-13-5-7-14(8-6-13)9-15(11-21)19(24)25-12-18(23)22-17-4-2-3-16(20)10-17/h2-10H,12H2,1H3,(H,22,23)/b15-9+. The van der Waals surface area contributed by atoms with Crippen LogP contribution in [0.2, 0.25) is 5.02 Å². The molecule has 6 heteroatoms. The zero-order chi connectivity index (χ0) is 18.2. The molecule has 0 aromatic heterocycles. The minimum atomic E-state index is -0.857. The van der Waals surface area contributed by atoms with Gasteiger partial charge in [-0.2, -0.15) is 5.26 Å². The first-order valence-corrected chi connectivity index (χ1v) is 7.77. The third kappa shape index (κ3) is 5.79. The number of carbonyl (C=O) groups is 2. The lowest BCUT2D eigenvalue weighted by Crippen LogP contribution is -2.21. The molecule has 2 aromatic rings. The fraction of sp³-hybridized carbons (Fsp3) is 0.105. The Kier molecular flexibility index (Phi) is 6.33. The van der Waals surface area contributed by atoms with Crippen molar-refractivity contribution in [2.45, 2.75) is 6.92 Å². The van der Waals surface area contributed by atoms with E-state index in [-0.39, 0.29) is 5.57 Å². The van der Waals surface area contributed by atoms with E-state index in [9.17, 15) is 9.59 Å². The van der Waals surface area contributed by atoms with E-state index >= 15 is 0 Å². The monoisotopic (exact) mass is 354 g/mol. The summed E-state index contributed by atoms with van der Waals surface area (Å²) in [4.78, 5) is 23.7. The highest BCUT2D eigenvalue weighted by molar-refractivity contribution is 6.30. The highest BCUT2D eigenvalue weighted by Crippen LogP contribution is 2.15. The van der Waals surface area contributed by atoms with Gasteiger partial charge in [-0.3, -0.25) is 4.79 Å². The average molecular weight is 355 g/mol. The first kappa shape index (κ1) is 18.2. The second kappa shape index (κ2) is 8.67. The fourth-order valence-electron chi connectivity index (χ4n) is 1.94. The number of halogens is 1. The van der Waals surface area contributed by atoms with Gasteiger partial charge >= 0.3 is 5.97 Å². The molecule has 0 radical (unpaired) electrons. The molecule has 25 heavy (non-hydrogen) atoms. The summed E-state index contributed by atoms with van der Waals surface area (Å²) in [6.07, 6.45) is 1.41. The number of anilines is 1. The number of aryl methyl sites for hydroxylation is 1. The summed E-state index contributed by atoms with van der Waals surface area (Å²) < 4.78 is 4.88. The lowest BCUT2D eigenvalue weighted by Gasteiger charge is -2.06. The number of ether oxygens (including phenoxy) is 1. The number of esters is 1. The molecule has 0 atom stereocenters. The van der Waals surface area contributed by atoms with Gasteiger partial charge < -0.3 is 10.1 Å². The maximum absolute atomic E-state index is 11.9. The summed E-state index contributed by atoms with van der Waals surface area (Å²) in [5.41, 5.74) is 2.07. The Labute approximate surface area is 150 Å². The predicted octanol–water partition coefficient (Wildman–Crippen LogP) is 3.74. The van der Waals surface area contributed by atoms with Crippen LogP contribution in [0.15, 0.2) is 54.1 Å². The molecule has 1 amide bonds. The SMILES string of the molecule is Cc1ccc(/C=C(\C#N)C(=O)OCC(=O)Nc2cccc(Cl)c2)cc1. The fourth-order valence-corrected chi connectivity index (χ4v) is 2.13. The summed E-state index contributed by atoms with van der Waals surface area (Å²) in [5.74, 6) is -1.38. The molecule has 0 unspecified atom stereocenters. The largest absolute Gasteiger partial charge is 0.451 e. The van der Waals surface area contributed by atoms with E-state index in [4.69, 9.17) is 21.6 Å². The lowest BCUT2D eigenvalue weighted by molar-refractivity contribution is -0.142. The first-order valence-electron chi connectivity index (χ1n) is 7.39. The number of nitrogens with zero attached hydrogens (tertiary/aromatic N) is 1. The van der Waals surface area contributed by atoms with Gasteiger partial charge in [-0.1, -0.05) is 47.5 Å². The van der Waals surface area contributed by atoms with Crippen molar-refractivity contribution in [1.29, 1.82) is 5.26 Å². The van der Waals surface area contributed by atoms with Crippen molar-refractivity contribution < 1.29 is 14.3 Å². The molecule has 126 valence electrons. The summed E-state index contributed by atoms with van der Waals surface area (Å²) in [5, 5.41) is 12.1. The van der Waals surface area contributed by atoms with E-state index in [1.807, 2.05) is 19.1 Å². The van der Waals surface area contributed by atoms with Crippen molar-refractivity contribution in [2.24, 2.45) is 0 Å². The Balaban J connectivity index is 1.94. The Morgan fingerprint density at radius 1 is 1.24 bits per heavy atom. The predicted molar refractivity (Wildman–Crippen MR) is 95.8 cm³/mol. The van der Waals surface area contributed by atoms with E-state index in [0.29, 0.717) is 16.3 Å². The number of hydrogen-bond acceptors (Lipinski definition) is 4. The van der Waals surface area contributed by atoms with E-state index in [1.54, 1.807) is 42.5 Å². The summed E-state index contributed by atoms with van der Waals surface area (Å²) >= 11 is 5.82. The summed E-state index contributed by atoms with van der Waals surface area (Å²) in [6, 6.07) is 15.7. The molecular formula is C19H15ClN2O3. The van der Waals surface area contributed by atoms with Gasteiger partial charge in [-0.25, -0.2) is 4.79 Å². The van der Waals surface area contributed by atoms with Crippen LogP contribution >= 0.6 is 11.6 Å². The normalized spacial score (nSPS) is 10.7. The molecule has 0 heterocycles. The second-order valence-corrected chi connectivity index (χ2v) is 5.65. The molecule has 0 saturated carbocycles. The maximum atomic E-state index is 11.9. The number of carbonyl (C=O) groups excluding carboxylic acids is 2. The van der Waals surface area contributed by atoms with Gasteiger partial charge in [0.05, 0.1) is 0 Å². The van der Waals surface area contributed by atoms with Crippen molar-refractivity contribution in [3.63, 3.8) is 0 Å². The van der Waals surface area contributed by atoms with Crippen LogP contribution < -0.4 is 5.32 Å². The molecule has 0 spiro atoms. The number of nitrogens with one attached hydrogen (secondary N) is 1. The number of nitriles is 1. The third-order valence-corrected chi connectivity index (χ3v) is 3.41. The first-order chi connectivity index (χ1) is 12.0. The minimum Gasteiger partial charge on any atom is -0.451 e. The van der Waals surface area contributed by atoms with Crippen molar-refractivity contribution in [1.82, 2.24) is 0 Å². The van der Waals surface area contributed by atoms with Crippen molar-refractivity contribution in [3.05, 3.63) is 70.3 Å². The molecule has 2 rings (SSSR count). The van der Waals surface area contributed by atoms with E-state index in [1.165, 1.54) is 6.08 Å². The van der Waals surface area contributed by atoms with Crippen LogP contribution in [0, 0.1) is 18.3 Å². The molecule has 0 fully saturated rings. The molecular weight excluding hydrogens is 340 g/mol. The summed E-state index contributed by atoms with van der Waals surface area (Å²) in [6.45, 7) is 1.43. The molecule has 0 aliphatic rings. The number of amides is 1. The Morgan fingerprint density at radius 2 is 1.96 bits per heavy atom. The van der Waals surface area contributed by atoms with Gasteiger partial charge in [0.2, 0.25) is 0 Å². The van der Waals surface area contributed by atoms with Gasteiger partial charge in [0.1, 0.15) is 11.6 Å². The third-order valence-electron chi connectivity index (χ3n) is 3.17. The number of benzene rings is 2. The summed E-state index contributed by atoms with van der Waals surface area (Å²) in [7, 11) is 0. The van der Waals surface area contributed by atoms with Crippen LogP contribution in [0.4, 0.5) is 5.69 Å². The minimum absolute atomic E-state index is 0.181. The van der Waals surface area contributed by atoms with Crippen LogP contribution in [0.25, 0.3) is 6.08 Å². The van der Waals surface area contributed by atoms with Crippen molar-refractivity contribution in [2.75, 3.05) is 11.9 Å². The van der Waals surface area contributed by atoms with Crippen LogP contribution in [-0.4, -0.2) is 18.5 Å². The van der Waals surface area contributed by atoms with Gasteiger partial charge in [0.25, 0.3) is 5.91 Å². The topological polar surface area (TPSA) is 79.2 Å². The zero-order valence-corrected chi connectivity index (χ0v) is 14.2. The van der Waals surface area contributed by atoms with Gasteiger partial charge in [-0.15, -0.1) is 0 Å². The molecule has 0 aliphatic heterocycles. The quantitative estimate of drug-likeness (QED) is 0.504. The van der Waals surface area contributed by atoms with Gasteiger partial charge in [-0.05, 0) is 36.8 Å². The van der Waals surface area contributed by atoms with E-state index in [0.717, 1.165) is 5.56 Å². The van der Waals surface area contributed by atoms with Gasteiger partial charge in [0.15, 0.2) is 6.61 Å². The van der Waals surface area contributed by atoms with Crippen LogP contribution in [0.1, 0.15) is 11.1 Å². The lowest BCUT2D eigenvalue weighted by atomic mass is 10.1. The van der Waals surface area contributed by atoms with Gasteiger partial charge in [0, 0.05) is 10.7 Å². The second-order valence-electron chi connectivity index (χ2n) is 5.22. The Hall–Kier alpha value is -3.10. The average Bonchev–Trinajstić information content (AvgIpc) is 2.59. The molecule has 1 N–H and O–H groups in total. The van der Waals surface area contributed by atoms with Crippen molar-refractivity contribution in [3.8, 4) is 6.07 Å². The van der Waals surface area contributed by atoms with Crippen molar-refractivity contribution >= 4 is 35.2 Å². The molecule has 2 aromatic carbocycles. The van der Waals surface area contributed by atoms with E-state index < -0.39 is 18.5 Å².